The highest BCUT2D eigenvalue weighted by molar-refractivity contribution is 5.89. The first-order valence-corrected chi connectivity index (χ1v) is 11.7. The van der Waals surface area contributed by atoms with Crippen molar-refractivity contribution in [2.75, 3.05) is 13.2 Å². The number of pyridine rings is 1. The molecule has 1 amide bonds. The number of hydrogen-bond acceptors (Lipinski definition) is 4. The van der Waals surface area contributed by atoms with Crippen molar-refractivity contribution in [2.45, 2.75) is 38.6 Å². The van der Waals surface area contributed by atoms with Crippen LogP contribution in [0.1, 0.15) is 31.7 Å². The number of carbonyl (C=O) groups is 2. The van der Waals surface area contributed by atoms with Crippen molar-refractivity contribution in [2.24, 2.45) is 23.7 Å². The van der Waals surface area contributed by atoms with E-state index in [-0.39, 0.29) is 17.9 Å². The second-order valence-corrected chi connectivity index (χ2v) is 9.48. The highest BCUT2D eigenvalue weighted by Gasteiger charge is 2.46. The molecule has 0 bridgehead atoms. The highest BCUT2D eigenvalue weighted by Crippen LogP contribution is 2.51. The van der Waals surface area contributed by atoms with Gasteiger partial charge in [0.1, 0.15) is 0 Å². The summed E-state index contributed by atoms with van der Waals surface area (Å²) in [4.78, 5) is 31.6. The Balaban J connectivity index is 1.17. The molecule has 1 aromatic heterocycles. The molecule has 5 rings (SSSR count). The Morgan fingerprint density at radius 3 is 2.59 bits per heavy atom. The van der Waals surface area contributed by atoms with Gasteiger partial charge in [-0.05, 0) is 65.8 Å². The van der Waals surface area contributed by atoms with Crippen molar-refractivity contribution in [3.05, 3.63) is 66.5 Å². The van der Waals surface area contributed by atoms with E-state index in [0.29, 0.717) is 43.2 Å². The number of Topliss-reactive ketones (excluding diaryl/α,β-unsaturated/α-hetero) is 1. The van der Waals surface area contributed by atoms with Gasteiger partial charge in [-0.15, -0.1) is 0 Å². The molecule has 1 aliphatic heterocycles. The topological polar surface area (TPSA) is 59.5 Å². The molecule has 0 spiro atoms. The normalized spacial score (nSPS) is 28.3. The number of aromatic nitrogens is 1. The number of rotatable bonds is 6. The molecule has 1 aromatic carbocycles. The van der Waals surface area contributed by atoms with Gasteiger partial charge in [-0.3, -0.25) is 14.7 Å². The number of likely N-dealkylation sites (tertiary alicyclic amines) is 1. The van der Waals surface area contributed by atoms with Crippen LogP contribution in [0.25, 0.3) is 11.1 Å². The van der Waals surface area contributed by atoms with Crippen LogP contribution >= 0.6 is 0 Å². The zero-order chi connectivity index (χ0) is 22.1. The smallest absolute Gasteiger partial charge is 0.410 e. The number of hydrogen-bond donors (Lipinski definition) is 0. The lowest BCUT2D eigenvalue weighted by atomic mass is 9.85. The predicted molar refractivity (Wildman–Crippen MR) is 123 cm³/mol. The van der Waals surface area contributed by atoms with Gasteiger partial charge in [-0.2, -0.15) is 0 Å². The van der Waals surface area contributed by atoms with E-state index in [2.05, 4.69) is 24.1 Å². The molecule has 3 aliphatic rings. The lowest BCUT2D eigenvalue weighted by Crippen LogP contribution is -2.42. The van der Waals surface area contributed by atoms with Gasteiger partial charge >= 0.3 is 6.09 Å². The first kappa shape index (κ1) is 20.9. The molecular weight excluding hydrogens is 400 g/mol. The summed E-state index contributed by atoms with van der Waals surface area (Å²) in [5, 5.41) is 0. The molecule has 1 saturated heterocycles. The van der Waals surface area contributed by atoms with Crippen LogP contribution in [0.15, 0.2) is 60.9 Å². The highest BCUT2D eigenvalue weighted by atomic mass is 16.6. The molecule has 1 saturated carbocycles. The van der Waals surface area contributed by atoms with Crippen molar-refractivity contribution in [3.8, 4) is 11.1 Å². The monoisotopic (exact) mass is 430 g/mol. The number of allylic oxidation sites excluding steroid dienone is 2. The van der Waals surface area contributed by atoms with Crippen LogP contribution in [0.5, 0.6) is 0 Å². The van der Waals surface area contributed by atoms with Crippen LogP contribution in [-0.4, -0.2) is 41.0 Å². The van der Waals surface area contributed by atoms with Crippen molar-refractivity contribution in [1.82, 2.24) is 9.88 Å². The van der Waals surface area contributed by atoms with E-state index in [1.807, 2.05) is 36.4 Å². The summed E-state index contributed by atoms with van der Waals surface area (Å²) in [6.45, 7) is 3.26. The maximum atomic E-state index is 13.0. The Hall–Kier alpha value is -2.95. The molecule has 4 unspecified atom stereocenters. The zero-order valence-electron chi connectivity index (χ0n) is 18.5. The average molecular weight is 431 g/mol. The molecule has 5 nitrogen and oxygen atoms in total. The number of fused-ring (bicyclic) bond motifs is 1. The van der Waals surface area contributed by atoms with E-state index >= 15 is 0 Å². The number of amides is 1. The van der Waals surface area contributed by atoms with Crippen LogP contribution in [0.4, 0.5) is 4.79 Å². The van der Waals surface area contributed by atoms with Gasteiger partial charge in [-0.1, -0.05) is 43.3 Å². The summed E-state index contributed by atoms with van der Waals surface area (Å²) in [6, 6.07) is 11.6. The van der Waals surface area contributed by atoms with Gasteiger partial charge in [0.25, 0.3) is 0 Å². The van der Waals surface area contributed by atoms with Crippen molar-refractivity contribution < 1.29 is 14.3 Å². The molecule has 2 aliphatic carbocycles. The van der Waals surface area contributed by atoms with Gasteiger partial charge < -0.3 is 4.74 Å². The second-order valence-electron chi connectivity index (χ2n) is 9.48. The summed E-state index contributed by atoms with van der Waals surface area (Å²) in [7, 11) is 0. The molecule has 32 heavy (non-hydrogen) atoms. The Kier molecular flexibility index (Phi) is 5.81. The quantitative estimate of drug-likeness (QED) is 0.611. The number of benzene rings is 1. The van der Waals surface area contributed by atoms with E-state index in [1.165, 1.54) is 6.42 Å². The van der Waals surface area contributed by atoms with Crippen molar-refractivity contribution in [1.29, 1.82) is 0 Å². The minimum absolute atomic E-state index is 0.0901. The molecular formula is C27H30N2O3. The summed E-state index contributed by atoms with van der Waals surface area (Å²) in [5.41, 5.74) is 3.16. The van der Waals surface area contributed by atoms with Crippen LogP contribution < -0.4 is 0 Å². The summed E-state index contributed by atoms with van der Waals surface area (Å²) in [5.74, 6) is 2.28. The van der Waals surface area contributed by atoms with Gasteiger partial charge in [0.05, 0.1) is 12.6 Å². The second kappa shape index (κ2) is 8.89. The Labute approximate surface area is 189 Å². The van der Waals surface area contributed by atoms with Gasteiger partial charge in [0, 0.05) is 31.3 Å². The first-order chi connectivity index (χ1) is 15.6. The van der Waals surface area contributed by atoms with Crippen LogP contribution in [-0.2, 0) is 16.0 Å². The number of ether oxygens (including phenoxy) is 1. The third-order valence-corrected chi connectivity index (χ3v) is 7.38. The lowest BCUT2D eigenvalue weighted by molar-refractivity contribution is -0.122. The Bertz CT molecular complexity index is 1000. The maximum Gasteiger partial charge on any atom is 0.410 e. The largest absolute Gasteiger partial charge is 0.449 e. The summed E-state index contributed by atoms with van der Waals surface area (Å²) in [6.07, 6.45) is 10.9. The van der Waals surface area contributed by atoms with E-state index in [4.69, 9.17) is 4.74 Å². The average Bonchev–Trinajstić information content (AvgIpc) is 3.43. The summed E-state index contributed by atoms with van der Waals surface area (Å²) >= 11 is 0. The molecule has 2 fully saturated rings. The predicted octanol–water partition coefficient (Wildman–Crippen LogP) is 4.92. The minimum atomic E-state index is -0.375. The van der Waals surface area contributed by atoms with Gasteiger partial charge in [0.15, 0.2) is 5.78 Å². The van der Waals surface area contributed by atoms with E-state index < -0.39 is 0 Å². The van der Waals surface area contributed by atoms with Crippen molar-refractivity contribution in [3.63, 3.8) is 0 Å². The first-order valence-electron chi connectivity index (χ1n) is 11.7. The Morgan fingerprint density at radius 1 is 1.06 bits per heavy atom. The molecule has 2 aromatic rings. The molecule has 5 heteroatoms. The van der Waals surface area contributed by atoms with Crippen molar-refractivity contribution >= 4 is 11.9 Å². The maximum absolute atomic E-state index is 13.0. The molecule has 0 N–H and O–H groups in total. The Morgan fingerprint density at radius 2 is 1.81 bits per heavy atom. The molecule has 0 radical (unpaired) electrons. The fraction of sp³-hybridized carbons (Fsp3) is 0.444. The fourth-order valence-electron chi connectivity index (χ4n) is 5.32. The van der Waals surface area contributed by atoms with Crippen LogP contribution in [0.2, 0.25) is 0 Å². The van der Waals surface area contributed by atoms with Gasteiger partial charge in [0.2, 0.25) is 0 Å². The van der Waals surface area contributed by atoms with Gasteiger partial charge in [-0.25, -0.2) is 4.79 Å². The molecule has 2 heterocycles. The van der Waals surface area contributed by atoms with Crippen LogP contribution in [0.3, 0.4) is 0 Å². The zero-order valence-corrected chi connectivity index (χ0v) is 18.5. The minimum Gasteiger partial charge on any atom is -0.449 e. The van der Waals surface area contributed by atoms with E-state index in [0.717, 1.165) is 29.5 Å². The number of carbonyl (C=O) groups excluding carboxylic acids is 2. The van der Waals surface area contributed by atoms with Crippen LogP contribution in [0, 0.1) is 23.7 Å². The number of nitrogens with zero attached hydrogens (tertiary/aromatic N) is 2. The molecule has 5 atom stereocenters. The standard InChI is InChI=1S/C27H30N2O3/c1-18-4-7-22-16-23(22)24(18)17-32-27(31)29-14-2-3-25(29)26(30)15-19-5-8-20(9-6-19)21-10-12-28-13-11-21/h4-13,18,22-25H,2-3,14-17H2,1H3/t18?,22?,23?,24?,25-/m0/s1. The third kappa shape index (κ3) is 4.34. The SMILES string of the molecule is CC1C=CC2CC2C1COC(=O)N1CCC[C@H]1C(=O)Cc1ccc(-c2ccncc2)cc1. The lowest BCUT2D eigenvalue weighted by Gasteiger charge is -2.27. The van der Waals surface area contributed by atoms with E-state index in [9.17, 15) is 9.59 Å². The summed E-state index contributed by atoms with van der Waals surface area (Å²) < 4.78 is 5.72. The molecule has 166 valence electrons. The number of ketones is 1. The third-order valence-electron chi connectivity index (χ3n) is 7.38. The fourth-order valence-corrected chi connectivity index (χ4v) is 5.32. The van der Waals surface area contributed by atoms with E-state index in [1.54, 1.807) is 17.3 Å².